The number of likely N-dealkylation sites (N-methyl/N-ethyl adjacent to an activating group) is 1. The number of nitrogens with zero attached hydrogens (tertiary/aromatic N) is 2. The van der Waals surface area contributed by atoms with E-state index < -0.39 is 0 Å². The maximum atomic E-state index is 4.74. The van der Waals surface area contributed by atoms with Gasteiger partial charge in [-0.1, -0.05) is 25.6 Å². The Morgan fingerprint density at radius 3 is 2.65 bits per heavy atom. The molecule has 1 atom stereocenters. The second kappa shape index (κ2) is 6.10. The number of amidine groups is 1. The lowest BCUT2D eigenvalue weighted by Crippen LogP contribution is -2.44. The van der Waals surface area contributed by atoms with Gasteiger partial charge in [0.2, 0.25) is 0 Å². The zero-order valence-corrected chi connectivity index (χ0v) is 12.9. The molecule has 0 radical (unpaired) electrons. The summed E-state index contributed by atoms with van der Waals surface area (Å²) in [4.78, 5) is 6.96. The third kappa shape index (κ3) is 4.51. The maximum absolute atomic E-state index is 4.74. The molecule has 1 saturated heterocycles. The van der Waals surface area contributed by atoms with Crippen molar-refractivity contribution < 1.29 is 0 Å². The van der Waals surface area contributed by atoms with Crippen molar-refractivity contribution in [3.63, 3.8) is 0 Å². The van der Waals surface area contributed by atoms with Crippen molar-refractivity contribution in [2.75, 3.05) is 26.4 Å². The first-order valence-electron chi connectivity index (χ1n) is 6.44. The first-order valence-corrected chi connectivity index (χ1v) is 7.42. The Morgan fingerprint density at radius 1 is 1.47 bits per heavy atom. The summed E-state index contributed by atoms with van der Waals surface area (Å²) in [6.07, 6.45) is 1.25. The Morgan fingerprint density at radius 2 is 2.12 bits per heavy atom. The van der Waals surface area contributed by atoms with Gasteiger partial charge in [-0.25, -0.2) is 0 Å². The first-order chi connectivity index (χ1) is 7.83. The molecule has 0 amide bonds. The Hall–Kier alpha value is -0.220. The second-order valence-corrected chi connectivity index (χ2v) is 7.04. The standard InChI is InChI=1S/C13H27N3S/c1-10(2)11-7-8-17-12(15-11)14-9-13(3,4)16(5)6/h10-11H,7-9H2,1-6H3,(H,14,15). The van der Waals surface area contributed by atoms with Gasteiger partial charge >= 0.3 is 0 Å². The zero-order chi connectivity index (χ0) is 13.1. The van der Waals surface area contributed by atoms with Crippen molar-refractivity contribution in [2.45, 2.75) is 45.7 Å². The largest absolute Gasteiger partial charge is 0.362 e. The highest BCUT2D eigenvalue weighted by molar-refractivity contribution is 8.13. The topological polar surface area (TPSA) is 27.6 Å². The lowest BCUT2D eigenvalue weighted by atomic mass is 10.0. The van der Waals surface area contributed by atoms with Gasteiger partial charge in [0.05, 0.1) is 6.54 Å². The number of rotatable bonds is 4. The SMILES string of the molecule is CC(C)C1CCSC(=NCC(C)(C)N(C)C)N1. The van der Waals surface area contributed by atoms with Gasteiger partial charge in [0.15, 0.2) is 5.17 Å². The highest BCUT2D eigenvalue weighted by atomic mass is 32.2. The summed E-state index contributed by atoms with van der Waals surface area (Å²) in [6, 6.07) is 0.595. The summed E-state index contributed by atoms with van der Waals surface area (Å²) < 4.78 is 0. The van der Waals surface area contributed by atoms with E-state index in [1.807, 2.05) is 11.8 Å². The molecule has 1 fully saturated rings. The van der Waals surface area contributed by atoms with Crippen LogP contribution in [0.2, 0.25) is 0 Å². The lowest BCUT2D eigenvalue weighted by Gasteiger charge is -2.32. The maximum Gasteiger partial charge on any atom is 0.156 e. The fraction of sp³-hybridized carbons (Fsp3) is 0.923. The molecule has 0 bridgehead atoms. The van der Waals surface area contributed by atoms with Crippen molar-refractivity contribution in [3.8, 4) is 0 Å². The van der Waals surface area contributed by atoms with E-state index in [4.69, 9.17) is 4.99 Å². The number of hydrogen-bond donors (Lipinski definition) is 1. The highest BCUT2D eigenvalue weighted by Crippen LogP contribution is 2.19. The average Bonchev–Trinajstić information content (AvgIpc) is 2.26. The van der Waals surface area contributed by atoms with Crippen LogP contribution in [0.3, 0.4) is 0 Å². The molecule has 0 aromatic carbocycles. The third-order valence-corrected chi connectivity index (χ3v) is 4.56. The lowest BCUT2D eigenvalue weighted by molar-refractivity contribution is 0.205. The molecule has 100 valence electrons. The van der Waals surface area contributed by atoms with Gasteiger partial charge < -0.3 is 10.2 Å². The molecule has 1 heterocycles. The van der Waals surface area contributed by atoms with Gasteiger partial charge in [-0.2, -0.15) is 0 Å². The molecule has 0 aliphatic carbocycles. The molecule has 1 aliphatic rings. The quantitative estimate of drug-likeness (QED) is 0.838. The number of nitrogens with one attached hydrogen (secondary N) is 1. The Kier molecular flexibility index (Phi) is 5.32. The van der Waals surface area contributed by atoms with E-state index in [-0.39, 0.29) is 5.54 Å². The number of aliphatic imine (C=N–C) groups is 1. The fourth-order valence-electron chi connectivity index (χ4n) is 1.55. The van der Waals surface area contributed by atoms with E-state index in [9.17, 15) is 0 Å². The van der Waals surface area contributed by atoms with Crippen molar-refractivity contribution in [1.29, 1.82) is 0 Å². The molecule has 1 unspecified atom stereocenters. The van der Waals surface area contributed by atoms with Crippen LogP contribution in [0.15, 0.2) is 4.99 Å². The van der Waals surface area contributed by atoms with E-state index in [1.165, 1.54) is 12.2 Å². The van der Waals surface area contributed by atoms with Crippen LogP contribution in [0.4, 0.5) is 0 Å². The summed E-state index contributed by atoms with van der Waals surface area (Å²) in [5.41, 5.74) is 0.125. The van der Waals surface area contributed by atoms with Crippen LogP contribution in [0, 0.1) is 5.92 Å². The molecular weight excluding hydrogens is 230 g/mol. The van der Waals surface area contributed by atoms with Crippen molar-refractivity contribution in [1.82, 2.24) is 10.2 Å². The smallest absolute Gasteiger partial charge is 0.156 e. The fourth-order valence-corrected chi connectivity index (χ4v) is 2.51. The third-order valence-electron chi connectivity index (χ3n) is 3.60. The normalized spacial score (nSPS) is 24.5. The van der Waals surface area contributed by atoms with Crippen LogP contribution < -0.4 is 5.32 Å². The van der Waals surface area contributed by atoms with Crippen LogP contribution in [-0.4, -0.2) is 48.0 Å². The van der Waals surface area contributed by atoms with Crippen molar-refractivity contribution in [2.24, 2.45) is 10.9 Å². The molecule has 0 aromatic heterocycles. The molecular formula is C13H27N3S. The van der Waals surface area contributed by atoms with Gasteiger partial charge in [0.1, 0.15) is 0 Å². The molecule has 0 aromatic rings. The molecule has 3 nitrogen and oxygen atoms in total. The Balaban J connectivity index is 2.55. The van der Waals surface area contributed by atoms with Gasteiger partial charge in [-0.15, -0.1) is 0 Å². The van der Waals surface area contributed by atoms with E-state index >= 15 is 0 Å². The number of thioether (sulfide) groups is 1. The Bertz CT molecular complexity index is 272. The summed E-state index contributed by atoms with van der Waals surface area (Å²) in [5, 5.41) is 4.69. The zero-order valence-electron chi connectivity index (χ0n) is 12.1. The molecule has 0 saturated carbocycles. The average molecular weight is 257 g/mol. The van der Waals surface area contributed by atoms with E-state index in [0.717, 1.165) is 11.7 Å². The van der Waals surface area contributed by atoms with Crippen molar-refractivity contribution >= 4 is 16.9 Å². The molecule has 1 rings (SSSR count). The van der Waals surface area contributed by atoms with E-state index in [2.05, 4.69) is 52.0 Å². The molecule has 4 heteroatoms. The summed E-state index contributed by atoms with van der Waals surface area (Å²) in [5.74, 6) is 1.87. The summed E-state index contributed by atoms with van der Waals surface area (Å²) in [7, 11) is 4.22. The number of hydrogen-bond acceptors (Lipinski definition) is 3. The second-order valence-electron chi connectivity index (χ2n) is 5.96. The molecule has 0 spiro atoms. The minimum absolute atomic E-state index is 0.125. The van der Waals surface area contributed by atoms with Crippen LogP contribution in [0.25, 0.3) is 0 Å². The minimum Gasteiger partial charge on any atom is -0.362 e. The van der Waals surface area contributed by atoms with Crippen LogP contribution in [0.5, 0.6) is 0 Å². The predicted octanol–water partition coefficient (Wildman–Crippen LogP) is 2.43. The monoisotopic (exact) mass is 257 g/mol. The molecule has 1 N–H and O–H groups in total. The summed E-state index contributed by atoms with van der Waals surface area (Å²) in [6.45, 7) is 9.85. The van der Waals surface area contributed by atoms with Gasteiger partial charge in [-0.05, 0) is 40.3 Å². The summed E-state index contributed by atoms with van der Waals surface area (Å²) >= 11 is 1.86. The van der Waals surface area contributed by atoms with E-state index in [1.54, 1.807) is 0 Å². The van der Waals surface area contributed by atoms with Crippen LogP contribution in [0.1, 0.15) is 34.1 Å². The molecule has 1 aliphatic heterocycles. The van der Waals surface area contributed by atoms with Gasteiger partial charge in [0, 0.05) is 17.3 Å². The van der Waals surface area contributed by atoms with Crippen molar-refractivity contribution in [3.05, 3.63) is 0 Å². The first kappa shape index (κ1) is 14.8. The Labute approximate surface area is 110 Å². The molecule has 17 heavy (non-hydrogen) atoms. The minimum atomic E-state index is 0.125. The van der Waals surface area contributed by atoms with E-state index in [0.29, 0.717) is 12.0 Å². The van der Waals surface area contributed by atoms with Crippen LogP contribution >= 0.6 is 11.8 Å². The van der Waals surface area contributed by atoms with Gasteiger partial charge in [0.25, 0.3) is 0 Å². The highest BCUT2D eigenvalue weighted by Gasteiger charge is 2.23. The van der Waals surface area contributed by atoms with Crippen LogP contribution in [-0.2, 0) is 0 Å². The predicted molar refractivity (Wildman–Crippen MR) is 78.9 cm³/mol. The van der Waals surface area contributed by atoms with Gasteiger partial charge in [-0.3, -0.25) is 4.99 Å².